The number of nitrogens with zero attached hydrogens (tertiary/aromatic N) is 3. The van der Waals surface area contributed by atoms with Crippen LogP contribution < -0.4 is 9.62 Å². The van der Waals surface area contributed by atoms with Gasteiger partial charge in [0.15, 0.2) is 0 Å². The fraction of sp³-hybridized carbons (Fsp3) is 0.500. The van der Waals surface area contributed by atoms with Crippen LogP contribution in [0.25, 0.3) is 0 Å². The van der Waals surface area contributed by atoms with Gasteiger partial charge in [-0.25, -0.2) is 4.31 Å². The molecule has 39 heavy (non-hydrogen) atoms. The van der Waals surface area contributed by atoms with E-state index >= 15 is 0 Å². The first-order valence-electron chi connectivity index (χ1n) is 13.1. The molecule has 8 nitrogen and oxygen atoms in total. The lowest BCUT2D eigenvalue weighted by atomic mass is 9.95. The van der Waals surface area contributed by atoms with E-state index in [0.29, 0.717) is 26.9 Å². The van der Waals surface area contributed by atoms with Gasteiger partial charge in [-0.3, -0.25) is 9.59 Å². The topological polar surface area (TPSA) is 90.0 Å². The molecule has 1 unspecified atom stereocenters. The van der Waals surface area contributed by atoms with Crippen molar-refractivity contribution in [1.29, 1.82) is 0 Å². The van der Waals surface area contributed by atoms with Crippen molar-refractivity contribution in [2.24, 2.45) is 0 Å². The van der Waals surface area contributed by atoms with E-state index < -0.39 is 28.7 Å². The molecule has 3 rings (SSSR count). The zero-order chi connectivity index (χ0) is 28.9. The van der Waals surface area contributed by atoms with E-state index in [2.05, 4.69) is 5.32 Å². The number of hydrogen-bond donors (Lipinski definition) is 1. The van der Waals surface area contributed by atoms with E-state index in [0.717, 1.165) is 46.3 Å². The lowest BCUT2D eigenvalue weighted by molar-refractivity contribution is -0.139. The molecule has 1 aliphatic rings. The number of carbonyl (C=O) groups is 2. The number of hydrogen-bond acceptors (Lipinski definition) is 4. The first-order valence-corrected chi connectivity index (χ1v) is 15.3. The largest absolute Gasteiger partial charge is 0.352 e. The predicted molar refractivity (Wildman–Crippen MR) is 157 cm³/mol. The van der Waals surface area contributed by atoms with Gasteiger partial charge in [0.25, 0.3) is 0 Å². The Labute approximate surface area is 242 Å². The number of rotatable bonds is 10. The summed E-state index contributed by atoms with van der Waals surface area (Å²) < 4.78 is 29.0. The maximum Gasteiger partial charge on any atom is 0.304 e. The van der Waals surface area contributed by atoms with Crippen LogP contribution in [0.15, 0.2) is 36.4 Å². The number of nitrogens with one attached hydrogen (secondary N) is 1. The molecule has 1 N–H and O–H groups in total. The van der Waals surface area contributed by atoms with Gasteiger partial charge in [0.05, 0.1) is 5.69 Å². The molecule has 2 aromatic carbocycles. The van der Waals surface area contributed by atoms with E-state index in [4.69, 9.17) is 23.2 Å². The standard InChI is InChI=1S/C28H38Cl2N4O4S/c1-19-11-12-20(2)26(15-19)34(39(37,38)32(4)5)18-27(35)33(17-22-13-14-23(29)16-25(22)30)21(3)28(36)31-24-9-7-6-8-10-24/h11-16,21,24H,6-10,17-18H2,1-5H3,(H,31,36). The van der Waals surface area contributed by atoms with E-state index in [1.165, 1.54) is 19.0 Å². The Bertz CT molecular complexity index is 1300. The van der Waals surface area contributed by atoms with Gasteiger partial charge in [-0.1, -0.05) is 60.7 Å². The van der Waals surface area contributed by atoms with Gasteiger partial charge in [-0.05, 0) is 68.5 Å². The number of aryl methyl sites for hydroxylation is 2. The van der Waals surface area contributed by atoms with Gasteiger partial charge < -0.3 is 10.2 Å². The van der Waals surface area contributed by atoms with Crippen molar-refractivity contribution in [3.05, 3.63) is 63.1 Å². The maximum absolute atomic E-state index is 14.0. The number of amides is 2. The van der Waals surface area contributed by atoms with Crippen molar-refractivity contribution in [1.82, 2.24) is 14.5 Å². The average Bonchev–Trinajstić information content (AvgIpc) is 2.88. The summed E-state index contributed by atoms with van der Waals surface area (Å²) in [5.41, 5.74) is 2.56. The Kier molecular flexibility index (Phi) is 10.7. The number of carbonyl (C=O) groups excluding carboxylic acids is 2. The zero-order valence-electron chi connectivity index (χ0n) is 23.2. The summed E-state index contributed by atoms with van der Waals surface area (Å²) in [5.74, 6) is -0.812. The second kappa shape index (κ2) is 13.4. The van der Waals surface area contributed by atoms with Crippen LogP contribution in [0.2, 0.25) is 10.0 Å². The summed E-state index contributed by atoms with van der Waals surface area (Å²) >= 11 is 12.5. The third-order valence-electron chi connectivity index (χ3n) is 7.13. The van der Waals surface area contributed by atoms with E-state index in [1.54, 1.807) is 38.1 Å². The highest BCUT2D eigenvalue weighted by atomic mass is 35.5. The third kappa shape index (κ3) is 7.87. The number of halogens is 2. The Hall–Kier alpha value is -2.33. The highest BCUT2D eigenvalue weighted by Crippen LogP contribution is 2.27. The Morgan fingerprint density at radius 1 is 1.03 bits per heavy atom. The monoisotopic (exact) mass is 596 g/mol. The predicted octanol–water partition coefficient (Wildman–Crippen LogP) is 5.09. The van der Waals surface area contributed by atoms with Gasteiger partial charge in [-0.2, -0.15) is 12.7 Å². The summed E-state index contributed by atoms with van der Waals surface area (Å²) in [6.45, 7) is 4.83. The summed E-state index contributed by atoms with van der Waals surface area (Å²) in [6, 6.07) is 9.58. The molecule has 0 bridgehead atoms. The van der Waals surface area contributed by atoms with Crippen LogP contribution in [0.1, 0.15) is 55.7 Å². The van der Waals surface area contributed by atoms with Crippen LogP contribution in [-0.4, -0.2) is 62.2 Å². The van der Waals surface area contributed by atoms with Crippen LogP contribution in [0.4, 0.5) is 5.69 Å². The highest BCUT2D eigenvalue weighted by Gasteiger charge is 2.34. The number of anilines is 1. The molecule has 2 aromatic rings. The van der Waals surface area contributed by atoms with E-state index in [1.807, 2.05) is 19.1 Å². The van der Waals surface area contributed by atoms with Gasteiger partial charge in [0.1, 0.15) is 12.6 Å². The lowest BCUT2D eigenvalue weighted by Crippen LogP contribution is -2.53. The van der Waals surface area contributed by atoms with Crippen molar-refractivity contribution in [2.45, 2.75) is 71.5 Å². The quantitative estimate of drug-likeness (QED) is 0.413. The number of benzene rings is 2. The van der Waals surface area contributed by atoms with Crippen molar-refractivity contribution < 1.29 is 18.0 Å². The SMILES string of the molecule is Cc1ccc(C)c(N(CC(=O)N(Cc2ccc(Cl)cc2Cl)C(C)C(=O)NC2CCCCC2)S(=O)(=O)N(C)C)c1. The normalized spacial score (nSPS) is 15.2. The molecule has 1 fully saturated rings. The summed E-state index contributed by atoms with van der Waals surface area (Å²) in [7, 11) is -1.20. The second-order valence-corrected chi connectivity index (χ2v) is 13.3. The minimum Gasteiger partial charge on any atom is -0.352 e. The summed E-state index contributed by atoms with van der Waals surface area (Å²) in [5, 5.41) is 3.89. The molecule has 11 heteroatoms. The molecular weight excluding hydrogens is 559 g/mol. The Morgan fingerprint density at radius 2 is 1.69 bits per heavy atom. The maximum atomic E-state index is 14.0. The van der Waals surface area contributed by atoms with Gasteiger partial charge in [0, 0.05) is 36.7 Å². The second-order valence-electron chi connectivity index (χ2n) is 10.4. The van der Waals surface area contributed by atoms with Crippen LogP contribution in [-0.2, 0) is 26.3 Å². The van der Waals surface area contributed by atoms with E-state index in [9.17, 15) is 18.0 Å². The summed E-state index contributed by atoms with van der Waals surface area (Å²) in [4.78, 5) is 28.7. The molecular formula is C28H38Cl2N4O4S. The minimum absolute atomic E-state index is 0.0107. The van der Waals surface area contributed by atoms with Gasteiger partial charge in [0.2, 0.25) is 11.8 Å². The Balaban J connectivity index is 1.98. The van der Waals surface area contributed by atoms with Crippen molar-refractivity contribution in [3.8, 4) is 0 Å². The van der Waals surface area contributed by atoms with Crippen molar-refractivity contribution in [2.75, 3.05) is 24.9 Å². The summed E-state index contributed by atoms with van der Waals surface area (Å²) in [6.07, 6.45) is 5.05. The molecule has 0 radical (unpaired) electrons. The molecule has 0 aromatic heterocycles. The first-order chi connectivity index (χ1) is 18.3. The molecule has 0 saturated heterocycles. The molecule has 1 saturated carbocycles. The molecule has 1 atom stereocenters. The third-order valence-corrected chi connectivity index (χ3v) is 9.52. The molecule has 2 amide bonds. The van der Waals surface area contributed by atoms with Crippen LogP contribution >= 0.6 is 23.2 Å². The molecule has 1 aliphatic carbocycles. The van der Waals surface area contributed by atoms with Gasteiger partial charge in [-0.15, -0.1) is 0 Å². The smallest absolute Gasteiger partial charge is 0.304 e. The molecule has 0 heterocycles. The fourth-order valence-corrected chi connectivity index (χ4v) is 6.26. The average molecular weight is 598 g/mol. The van der Waals surface area contributed by atoms with Crippen LogP contribution in [0.5, 0.6) is 0 Å². The lowest BCUT2D eigenvalue weighted by Gasteiger charge is -2.34. The van der Waals surface area contributed by atoms with Crippen molar-refractivity contribution in [3.63, 3.8) is 0 Å². The Morgan fingerprint density at radius 3 is 2.31 bits per heavy atom. The van der Waals surface area contributed by atoms with E-state index in [-0.39, 0.29) is 18.5 Å². The minimum atomic E-state index is -4.04. The first kappa shape index (κ1) is 31.2. The zero-order valence-corrected chi connectivity index (χ0v) is 25.5. The van der Waals surface area contributed by atoms with Gasteiger partial charge >= 0.3 is 10.2 Å². The fourth-order valence-electron chi connectivity index (χ4n) is 4.67. The molecule has 0 aliphatic heterocycles. The van der Waals surface area contributed by atoms with Crippen LogP contribution in [0.3, 0.4) is 0 Å². The molecule has 0 spiro atoms. The van der Waals surface area contributed by atoms with Crippen molar-refractivity contribution >= 4 is 50.9 Å². The molecule has 214 valence electrons. The highest BCUT2D eigenvalue weighted by molar-refractivity contribution is 7.90. The van der Waals surface area contributed by atoms with Crippen LogP contribution in [0, 0.1) is 13.8 Å².